The minimum Gasteiger partial charge on any atom is -0.314 e. The number of anilines is 1. The molecule has 2 rings (SSSR count). The monoisotopic (exact) mass is 255 g/mol. The molecule has 4 heteroatoms. The molecule has 86 valence electrons. The van der Waals surface area contributed by atoms with Crippen LogP contribution in [0.2, 0.25) is 0 Å². The second-order valence-electron chi connectivity index (χ2n) is 3.83. The summed E-state index contributed by atoms with van der Waals surface area (Å²) < 4.78 is 0. The molecule has 0 atom stereocenters. The summed E-state index contributed by atoms with van der Waals surface area (Å²) in [5.41, 5.74) is 2.29. The van der Waals surface area contributed by atoms with Gasteiger partial charge in [-0.15, -0.1) is 23.4 Å². The van der Waals surface area contributed by atoms with Crippen LogP contribution in [0.25, 0.3) is 0 Å². The largest absolute Gasteiger partial charge is 0.314 e. The summed E-state index contributed by atoms with van der Waals surface area (Å²) in [6, 6.07) is 6.19. The minimum atomic E-state index is -0.0647. The van der Waals surface area contributed by atoms with Gasteiger partial charge in [0.05, 0.1) is 0 Å². The molecule has 0 saturated heterocycles. The molecule has 0 radical (unpaired) electrons. The summed E-state index contributed by atoms with van der Waals surface area (Å²) in [6.07, 6.45) is 2.33. The summed E-state index contributed by atoms with van der Waals surface area (Å²) in [7, 11) is 1.77. The van der Waals surface area contributed by atoms with Crippen LogP contribution in [0, 0.1) is 0 Å². The van der Waals surface area contributed by atoms with Crippen molar-refractivity contribution in [3.63, 3.8) is 0 Å². The Balaban J connectivity index is 2.26. The van der Waals surface area contributed by atoms with Crippen molar-refractivity contribution in [2.75, 3.05) is 23.6 Å². The highest BCUT2D eigenvalue weighted by Gasteiger charge is 2.14. The first-order chi connectivity index (χ1) is 7.72. The van der Waals surface area contributed by atoms with E-state index < -0.39 is 0 Å². The maximum atomic E-state index is 11.5. The van der Waals surface area contributed by atoms with Gasteiger partial charge in [0.15, 0.2) is 0 Å². The zero-order chi connectivity index (χ0) is 11.5. The predicted octanol–water partition coefficient (Wildman–Crippen LogP) is 2.93. The molecule has 0 N–H and O–H groups in total. The van der Waals surface area contributed by atoms with Crippen molar-refractivity contribution in [2.45, 2.75) is 17.7 Å². The highest BCUT2D eigenvalue weighted by atomic mass is 35.5. The molecule has 1 aliphatic heterocycles. The maximum absolute atomic E-state index is 11.5. The number of benzene rings is 1. The molecule has 1 aliphatic rings. The molecule has 0 unspecified atom stereocenters. The second-order valence-corrected chi connectivity index (χ2v) is 5.23. The van der Waals surface area contributed by atoms with Gasteiger partial charge in [0.2, 0.25) is 5.91 Å². The fourth-order valence-electron chi connectivity index (χ4n) is 1.79. The molecule has 0 bridgehead atoms. The van der Waals surface area contributed by atoms with Crippen LogP contribution in [0.1, 0.15) is 12.0 Å². The Morgan fingerprint density at radius 2 is 2.38 bits per heavy atom. The number of alkyl halides is 1. The van der Waals surface area contributed by atoms with Crippen LogP contribution in [-0.2, 0) is 11.2 Å². The Hall–Kier alpha value is -0.670. The van der Waals surface area contributed by atoms with Crippen molar-refractivity contribution < 1.29 is 4.79 Å². The van der Waals surface area contributed by atoms with E-state index in [2.05, 4.69) is 12.1 Å². The first kappa shape index (κ1) is 11.8. The standard InChI is InChI=1S/C12H14ClNOS/c1-14(12(15)8-13)10-4-5-11-9(7-10)3-2-6-16-11/h4-5,7H,2-3,6,8H2,1H3. The number of hydrogen-bond acceptors (Lipinski definition) is 2. The maximum Gasteiger partial charge on any atom is 0.241 e. The Kier molecular flexibility index (Phi) is 3.77. The number of thioether (sulfide) groups is 1. The number of halogens is 1. The lowest BCUT2D eigenvalue weighted by molar-refractivity contribution is -0.116. The fourth-order valence-corrected chi connectivity index (χ4v) is 2.99. The molecular formula is C12H14ClNOS. The molecule has 0 aromatic heterocycles. The Morgan fingerprint density at radius 3 is 3.12 bits per heavy atom. The van der Waals surface area contributed by atoms with Gasteiger partial charge in [-0.1, -0.05) is 0 Å². The summed E-state index contributed by atoms with van der Waals surface area (Å²) in [6.45, 7) is 0. The van der Waals surface area contributed by atoms with E-state index in [0.717, 1.165) is 12.1 Å². The van der Waals surface area contributed by atoms with Crippen LogP contribution < -0.4 is 4.90 Å². The fraction of sp³-hybridized carbons (Fsp3) is 0.417. The number of fused-ring (bicyclic) bond motifs is 1. The predicted molar refractivity (Wildman–Crippen MR) is 69.6 cm³/mol. The Labute approximate surface area is 105 Å². The third kappa shape index (κ3) is 2.36. The van der Waals surface area contributed by atoms with Gasteiger partial charge in [0.25, 0.3) is 0 Å². The van der Waals surface area contributed by atoms with Gasteiger partial charge >= 0.3 is 0 Å². The van der Waals surface area contributed by atoms with E-state index in [1.54, 1.807) is 11.9 Å². The summed E-state index contributed by atoms with van der Waals surface area (Å²) in [5, 5.41) is 0. The number of carbonyl (C=O) groups excluding carboxylic acids is 1. The Bertz CT molecular complexity index is 408. The van der Waals surface area contributed by atoms with Gasteiger partial charge in [0.1, 0.15) is 5.88 Å². The smallest absolute Gasteiger partial charge is 0.241 e. The number of hydrogen-bond donors (Lipinski definition) is 0. The lowest BCUT2D eigenvalue weighted by Crippen LogP contribution is -2.27. The molecule has 1 aromatic carbocycles. The summed E-state index contributed by atoms with van der Waals surface area (Å²) in [4.78, 5) is 14.4. The highest BCUT2D eigenvalue weighted by molar-refractivity contribution is 7.99. The quantitative estimate of drug-likeness (QED) is 0.758. The van der Waals surface area contributed by atoms with Crippen LogP contribution in [0.4, 0.5) is 5.69 Å². The van der Waals surface area contributed by atoms with E-state index in [0.29, 0.717) is 0 Å². The summed E-state index contributed by atoms with van der Waals surface area (Å²) in [5.74, 6) is 1.16. The van der Waals surface area contributed by atoms with Gasteiger partial charge in [0, 0.05) is 17.6 Å². The topological polar surface area (TPSA) is 20.3 Å². The van der Waals surface area contributed by atoms with Crippen molar-refractivity contribution in [3.8, 4) is 0 Å². The third-order valence-electron chi connectivity index (χ3n) is 2.77. The molecule has 16 heavy (non-hydrogen) atoms. The van der Waals surface area contributed by atoms with Crippen molar-refractivity contribution >= 4 is 35.0 Å². The Morgan fingerprint density at radius 1 is 1.56 bits per heavy atom. The first-order valence-electron chi connectivity index (χ1n) is 5.30. The molecule has 0 spiro atoms. The van der Waals surface area contributed by atoms with Crippen molar-refractivity contribution in [1.29, 1.82) is 0 Å². The number of nitrogens with zero attached hydrogens (tertiary/aromatic N) is 1. The van der Waals surface area contributed by atoms with E-state index in [1.807, 2.05) is 17.8 Å². The van der Waals surface area contributed by atoms with Crippen LogP contribution in [0.15, 0.2) is 23.1 Å². The number of carbonyl (C=O) groups is 1. The molecule has 0 fully saturated rings. The van der Waals surface area contributed by atoms with Crippen LogP contribution in [-0.4, -0.2) is 24.6 Å². The number of rotatable bonds is 2. The lowest BCUT2D eigenvalue weighted by atomic mass is 10.1. The van der Waals surface area contributed by atoms with Crippen LogP contribution in [0.5, 0.6) is 0 Å². The second kappa shape index (κ2) is 5.11. The molecule has 1 heterocycles. The van der Waals surface area contributed by atoms with E-state index >= 15 is 0 Å². The lowest BCUT2D eigenvalue weighted by Gasteiger charge is -2.20. The van der Waals surface area contributed by atoms with Gasteiger partial charge in [-0.25, -0.2) is 0 Å². The normalized spacial score (nSPS) is 14.4. The first-order valence-corrected chi connectivity index (χ1v) is 6.82. The molecule has 0 saturated carbocycles. The SMILES string of the molecule is CN(C(=O)CCl)c1ccc2c(c1)CCCS2. The van der Waals surface area contributed by atoms with Gasteiger partial charge < -0.3 is 4.90 Å². The number of amides is 1. The van der Waals surface area contributed by atoms with Crippen LogP contribution in [0.3, 0.4) is 0 Å². The van der Waals surface area contributed by atoms with E-state index in [1.165, 1.54) is 22.6 Å². The van der Waals surface area contributed by atoms with Gasteiger partial charge in [-0.05, 0) is 42.4 Å². The molecular weight excluding hydrogens is 242 g/mol. The zero-order valence-corrected chi connectivity index (χ0v) is 10.8. The van der Waals surface area contributed by atoms with E-state index in [9.17, 15) is 4.79 Å². The molecule has 1 amide bonds. The van der Waals surface area contributed by atoms with E-state index in [-0.39, 0.29) is 11.8 Å². The average molecular weight is 256 g/mol. The average Bonchev–Trinajstić information content (AvgIpc) is 2.36. The molecule has 0 aliphatic carbocycles. The molecule has 1 aromatic rings. The van der Waals surface area contributed by atoms with Crippen molar-refractivity contribution in [1.82, 2.24) is 0 Å². The van der Waals surface area contributed by atoms with Crippen molar-refractivity contribution in [2.24, 2.45) is 0 Å². The van der Waals surface area contributed by atoms with Crippen molar-refractivity contribution in [3.05, 3.63) is 23.8 Å². The minimum absolute atomic E-state index is 0.0301. The summed E-state index contributed by atoms with van der Waals surface area (Å²) >= 11 is 7.44. The number of aryl methyl sites for hydroxylation is 1. The zero-order valence-electron chi connectivity index (χ0n) is 9.20. The third-order valence-corrected chi connectivity index (χ3v) is 4.20. The van der Waals surface area contributed by atoms with Gasteiger partial charge in [-0.2, -0.15) is 0 Å². The highest BCUT2D eigenvalue weighted by Crippen LogP contribution is 2.32. The van der Waals surface area contributed by atoms with Crippen LogP contribution >= 0.6 is 23.4 Å². The molecule has 2 nitrogen and oxygen atoms in total. The van der Waals surface area contributed by atoms with E-state index in [4.69, 9.17) is 11.6 Å². The van der Waals surface area contributed by atoms with Gasteiger partial charge in [-0.3, -0.25) is 4.79 Å².